The number of hydrogen-bond acceptors (Lipinski definition) is 3. The van der Waals surface area contributed by atoms with Gasteiger partial charge in [0, 0.05) is 17.9 Å². The summed E-state index contributed by atoms with van der Waals surface area (Å²) in [5.41, 5.74) is 2.07. The standard InChI is InChI=1S/C13H20BrN3/c1-9(14)12-4-6-17(7-5-12)13-8-15-10(2)11(3)16-13/h8-9,12H,4-7H2,1-3H3. The van der Waals surface area contributed by atoms with E-state index in [1.165, 1.54) is 12.8 Å². The molecule has 1 fully saturated rings. The van der Waals surface area contributed by atoms with Crippen LogP contribution in [0.4, 0.5) is 5.82 Å². The van der Waals surface area contributed by atoms with Gasteiger partial charge < -0.3 is 4.90 Å². The minimum absolute atomic E-state index is 0.621. The first kappa shape index (κ1) is 12.8. The first-order chi connectivity index (χ1) is 8.08. The lowest BCUT2D eigenvalue weighted by Gasteiger charge is -2.34. The van der Waals surface area contributed by atoms with Gasteiger partial charge in [-0.25, -0.2) is 4.98 Å². The summed E-state index contributed by atoms with van der Waals surface area (Å²) in [5.74, 6) is 1.83. The summed E-state index contributed by atoms with van der Waals surface area (Å²) in [6.07, 6.45) is 4.38. The second-order valence-electron chi connectivity index (χ2n) is 4.90. The highest BCUT2D eigenvalue weighted by Gasteiger charge is 2.23. The van der Waals surface area contributed by atoms with Crippen molar-refractivity contribution in [3.05, 3.63) is 17.6 Å². The quantitative estimate of drug-likeness (QED) is 0.786. The molecule has 0 spiro atoms. The largest absolute Gasteiger partial charge is 0.355 e. The average Bonchev–Trinajstić information content (AvgIpc) is 2.33. The van der Waals surface area contributed by atoms with Crippen LogP contribution < -0.4 is 4.90 Å². The molecule has 1 atom stereocenters. The van der Waals surface area contributed by atoms with Crippen molar-refractivity contribution in [2.45, 2.75) is 38.4 Å². The lowest BCUT2D eigenvalue weighted by atomic mass is 9.94. The molecule has 2 heterocycles. The van der Waals surface area contributed by atoms with Crippen molar-refractivity contribution in [3.8, 4) is 0 Å². The predicted molar refractivity (Wildman–Crippen MR) is 74.8 cm³/mol. The van der Waals surface area contributed by atoms with Crippen molar-refractivity contribution in [1.82, 2.24) is 9.97 Å². The van der Waals surface area contributed by atoms with Crippen LogP contribution >= 0.6 is 15.9 Å². The van der Waals surface area contributed by atoms with E-state index in [1.807, 2.05) is 20.0 Å². The third-order valence-corrected chi connectivity index (χ3v) is 4.44. The number of piperidine rings is 1. The molecular formula is C13H20BrN3. The molecule has 0 radical (unpaired) electrons. The maximum atomic E-state index is 4.62. The number of rotatable bonds is 2. The molecule has 1 aliphatic heterocycles. The van der Waals surface area contributed by atoms with Gasteiger partial charge in [-0.3, -0.25) is 4.98 Å². The fourth-order valence-electron chi connectivity index (χ4n) is 2.27. The van der Waals surface area contributed by atoms with Crippen LogP contribution in [0.2, 0.25) is 0 Å². The summed E-state index contributed by atoms with van der Waals surface area (Å²) < 4.78 is 0. The smallest absolute Gasteiger partial charge is 0.147 e. The number of nitrogens with zero attached hydrogens (tertiary/aromatic N) is 3. The maximum Gasteiger partial charge on any atom is 0.147 e. The number of hydrogen-bond donors (Lipinski definition) is 0. The third kappa shape index (κ3) is 2.97. The fraction of sp³-hybridized carbons (Fsp3) is 0.692. The summed E-state index contributed by atoms with van der Waals surface area (Å²) in [5, 5.41) is 0. The van der Waals surface area contributed by atoms with Gasteiger partial charge in [-0.2, -0.15) is 0 Å². The molecule has 2 rings (SSSR count). The van der Waals surface area contributed by atoms with Gasteiger partial charge >= 0.3 is 0 Å². The van der Waals surface area contributed by atoms with E-state index in [9.17, 15) is 0 Å². The second kappa shape index (κ2) is 5.34. The van der Waals surface area contributed by atoms with E-state index in [2.05, 4.69) is 37.7 Å². The lowest BCUT2D eigenvalue weighted by molar-refractivity contribution is 0.405. The van der Waals surface area contributed by atoms with Gasteiger partial charge in [0.1, 0.15) is 5.82 Å². The van der Waals surface area contributed by atoms with Crippen LogP contribution in [0.25, 0.3) is 0 Å². The van der Waals surface area contributed by atoms with Crippen LogP contribution in [0.15, 0.2) is 6.20 Å². The number of aryl methyl sites for hydroxylation is 2. The summed E-state index contributed by atoms with van der Waals surface area (Å²) in [4.78, 5) is 12.0. The molecule has 1 aliphatic rings. The third-order valence-electron chi connectivity index (χ3n) is 3.69. The Hall–Kier alpha value is -0.640. The Morgan fingerprint density at radius 3 is 2.47 bits per heavy atom. The van der Waals surface area contributed by atoms with Crippen LogP contribution in [-0.4, -0.2) is 27.9 Å². The van der Waals surface area contributed by atoms with Gasteiger partial charge in [0.2, 0.25) is 0 Å². The van der Waals surface area contributed by atoms with Crippen molar-refractivity contribution in [3.63, 3.8) is 0 Å². The molecule has 0 saturated carbocycles. The Balaban J connectivity index is 2.03. The van der Waals surface area contributed by atoms with Crippen molar-refractivity contribution in [2.75, 3.05) is 18.0 Å². The molecule has 1 aromatic rings. The SMILES string of the molecule is Cc1ncc(N2CCC(C(C)Br)CC2)nc1C. The monoisotopic (exact) mass is 297 g/mol. The van der Waals surface area contributed by atoms with E-state index in [0.717, 1.165) is 36.2 Å². The number of alkyl halides is 1. The Kier molecular flexibility index (Phi) is 4.02. The zero-order chi connectivity index (χ0) is 12.4. The van der Waals surface area contributed by atoms with Gasteiger partial charge in [0.05, 0.1) is 17.6 Å². The van der Waals surface area contributed by atoms with Gasteiger partial charge in [-0.1, -0.05) is 22.9 Å². The van der Waals surface area contributed by atoms with Crippen molar-refractivity contribution in [2.24, 2.45) is 5.92 Å². The van der Waals surface area contributed by atoms with Gasteiger partial charge in [0.15, 0.2) is 0 Å². The summed E-state index contributed by atoms with van der Waals surface area (Å²) >= 11 is 3.69. The minimum Gasteiger partial charge on any atom is -0.355 e. The van der Waals surface area contributed by atoms with Gasteiger partial charge in [-0.15, -0.1) is 0 Å². The molecular weight excluding hydrogens is 278 g/mol. The zero-order valence-electron chi connectivity index (χ0n) is 10.8. The molecule has 0 amide bonds. The zero-order valence-corrected chi connectivity index (χ0v) is 12.4. The molecule has 0 N–H and O–H groups in total. The van der Waals surface area contributed by atoms with Gasteiger partial charge in [-0.05, 0) is 32.6 Å². The first-order valence-electron chi connectivity index (χ1n) is 6.27. The van der Waals surface area contributed by atoms with Crippen LogP contribution in [0, 0.1) is 19.8 Å². The molecule has 0 bridgehead atoms. The predicted octanol–water partition coefficient (Wildman–Crippen LogP) is 3.09. The second-order valence-corrected chi connectivity index (χ2v) is 6.35. The average molecular weight is 298 g/mol. The number of anilines is 1. The van der Waals surface area contributed by atoms with E-state index in [-0.39, 0.29) is 0 Å². The Bertz CT molecular complexity index is 384. The molecule has 4 heteroatoms. The van der Waals surface area contributed by atoms with E-state index in [0.29, 0.717) is 4.83 Å². The lowest BCUT2D eigenvalue weighted by Crippen LogP contribution is -2.36. The molecule has 94 valence electrons. The highest BCUT2D eigenvalue weighted by molar-refractivity contribution is 9.09. The van der Waals surface area contributed by atoms with Crippen LogP contribution in [0.3, 0.4) is 0 Å². The van der Waals surface area contributed by atoms with E-state index < -0.39 is 0 Å². The molecule has 1 unspecified atom stereocenters. The van der Waals surface area contributed by atoms with Crippen LogP contribution in [-0.2, 0) is 0 Å². The van der Waals surface area contributed by atoms with E-state index >= 15 is 0 Å². The van der Waals surface area contributed by atoms with Crippen molar-refractivity contribution < 1.29 is 0 Å². The van der Waals surface area contributed by atoms with Crippen molar-refractivity contribution >= 4 is 21.7 Å². The summed E-state index contributed by atoms with van der Waals surface area (Å²) in [7, 11) is 0. The molecule has 3 nitrogen and oxygen atoms in total. The fourth-order valence-corrected chi connectivity index (χ4v) is 2.80. The topological polar surface area (TPSA) is 29.0 Å². The molecule has 1 saturated heterocycles. The Morgan fingerprint density at radius 2 is 1.94 bits per heavy atom. The number of halogens is 1. The highest BCUT2D eigenvalue weighted by atomic mass is 79.9. The normalized spacial score (nSPS) is 19.4. The van der Waals surface area contributed by atoms with Gasteiger partial charge in [0.25, 0.3) is 0 Å². The van der Waals surface area contributed by atoms with E-state index in [1.54, 1.807) is 0 Å². The number of aromatic nitrogens is 2. The highest BCUT2D eigenvalue weighted by Crippen LogP contribution is 2.27. The summed E-state index contributed by atoms with van der Waals surface area (Å²) in [6.45, 7) is 8.47. The van der Waals surface area contributed by atoms with Crippen LogP contribution in [0.5, 0.6) is 0 Å². The Labute approximate surface area is 112 Å². The van der Waals surface area contributed by atoms with Crippen LogP contribution in [0.1, 0.15) is 31.2 Å². The molecule has 0 aliphatic carbocycles. The first-order valence-corrected chi connectivity index (χ1v) is 7.18. The van der Waals surface area contributed by atoms with Crippen molar-refractivity contribution in [1.29, 1.82) is 0 Å². The molecule has 0 aromatic carbocycles. The maximum absolute atomic E-state index is 4.62. The Morgan fingerprint density at radius 1 is 1.29 bits per heavy atom. The van der Waals surface area contributed by atoms with E-state index in [4.69, 9.17) is 0 Å². The molecule has 17 heavy (non-hydrogen) atoms. The minimum atomic E-state index is 0.621. The molecule has 1 aromatic heterocycles. The summed E-state index contributed by atoms with van der Waals surface area (Å²) in [6, 6.07) is 0.